The maximum Gasteiger partial charge on any atom is -0.0114 e. The lowest BCUT2D eigenvalue weighted by Gasteiger charge is -2.21. The SMILES string of the molecule is Cc1cc(C(C)C)c(-c2ccccc2)c(C(C)C)c1. The highest BCUT2D eigenvalue weighted by atomic mass is 14.2. The molecule has 0 bridgehead atoms. The first-order valence-corrected chi connectivity index (χ1v) is 7.20. The predicted octanol–water partition coefficient (Wildman–Crippen LogP) is 5.91. The minimum atomic E-state index is 0.549. The van der Waals surface area contributed by atoms with Crippen molar-refractivity contribution in [3.63, 3.8) is 0 Å². The normalized spacial score (nSPS) is 11.3. The van der Waals surface area contributed by atoms with Gasteiger partial charge in [-0.3, -0.25) is 0 Å². The van der Waals surface area contributed by atoms with E-state index in [1.54, 1.807) is 0 Å². The molecule has 0 spiro atoms. The molecule has 0 saturated heterocycles. The van der Waals surface area contributed by atoms with Crippen LogP contribution in [0.3, 0.4) is 0 Å². The molecule has 0 amide bonds. The van der Waals surface area contributed by atoms with Crippen molar-refractivity contribution in [1.82, 2.24) is 0 Å². The number of benzene rings is 2. The molecule has 0 atom stereocenters. The summed E-state index contributed by atoms with van der Waals surface area (Å²) in [6.45, 7) is 11.3. The first kappa shape index (κ1) is 13.9. The van der Waals surface area contributed by atoms with Crippen LogP contribution in [-0.4, -0.2) is 0 Å². The van der Waals surface area contributed by atoms with Crippen molar-refractivity contribution in [2.24, 2.45) is 0 Å². The van der Waals surface area contributed by atoms with Crippen LogP contribution in [0.15, 0.2) is 42.5 Å². The van der Waals surface area contributed by atoms with Crippen molar-refractivity contribution < 1.29 is 0 Å². The van der Waals surface area contributed by atoms with Crippen molar-refractivity contribution in [3.05, 3.63) is 59.2 Å². The van der Waals surface area contributed by atoms with Crippen LogP contribution in [0.5, 0.6) is 0 Å². The number of hydrogen-bond donors (Lipinski definition) is 0. The second-order valence-corrected chi connectivity index (χ2v) is 5.99. The van der Waals surface area contributed by atoms with Crippen LogP contribution in [0.4, 0.5) is 0 Å². The summed E-state index contributed by atoms with van der Waals surface area (Å²) in [6.07, 6.45) is 0. The van der Waals surface area contributed by atoms with E-state index in [0.717, 1.165) is 0 Å². The molecule has 2 rings (SSSR count). The molecule has 0 nitrogen and oxygen atoms in total. The van der Waals surface area contributed by atoms with Gasteiger partial charge >= 0.3 is 0 Å². The van der Waals surface area contributed by atoms with Gasteiger partial charge in [0, 0.05) is 0 Å². The Balaban J connectivity index is 2.75. The quantitative estimate of drug-likeness (QED) is 0.637. The van der Waals surface area contributed by atoms with Gasteiger partial charge in [-0.1, -0.05) is 75.7 Å². The van der Waals surface area contributed by atoms with Crippen LogP contribution in [0.25, 0.3) is 11.1 Å². The van der Waals surface area contributed by atoms with Crippen LogP contribution in [0.1, 0.15) is 56.2 Å². The van der Waals surface area contributed by atoms with Crippen LogP contribution in [-0.2, 0) is 0 Å². The lowest BCUT2D eigenvalue weighted by atomic mass is 9.84. The molecule has 0 aliphatic rings. The Labute approximate surface area is 117 Å². The van der Waals surface area contributed by atoms with E-state index in [1.165, 1.54) is 27.8 Å². The molecule has 0 saturated carbocycles. The monoisotopic (exact) mass is 252 g/mol. The van der Waals surface area contributed by atoms with Gasteiger partial charge in [-0.2, -0.15) is 0 Å². The fourth-order valence-electron chi connectivity index (χ4n) is 2.69. The number of rotatable bonds is 3. The molecule has 0 heteroatoms. The van der Waals surface area contributed by atoms with Crippen molar-refractivity contribution in [2.75, 3.05) is 0 Å². The Hall–Kier alpha value is -1.56. The van der Waals surface area contributed by atoms with E-state index in [9.17, 15) is 0 Å². The molecule has 0 N–H and O–H groups in total. The largest absolute Gasteiger partial charge is 0.0622 e. The molecule has 19 heavy (non-hydrogen) atoms. The van der Waals surface area contributed by atoms with Crippen LogP contribution >= 0.6 is 0 Å². The molecule has 0 unspecified atom stereocenters. The topological polar surface area (TPSA) is 0 Å². The summed E-state index contributed by atoms with van der Waals surface area (Å²) in [7, 11) is 0. The van der Waals surface area contributed by atoms with E-state index in [-0.39, 0.29) is 0 Å². The molecule has 2 aromatic rings. The number of aryl methyl sites for hydroxylation is 1. The third kappa shape index (κ3) is 2.89. The van der Waals surface area contributed by atoms with Gasteiger partial charge in [0.2, 0.25) is 0 Å². The summed E-state index contributed by atoms with van der Waals surface area (Å²) in [5, 5.41) is 0. The van der Waals surface area contributed by atoms with Crippen LogP contribution < -0.4 is 0 Å². The van der Waals surface area contributed by atoms with E-state index < -0.39 is 0 Å². The Morgan fingerprint density at radius 3 is 1.63 bits per heavy atom. The lowest BCUT2D eigenvalue weighted by Crippen LogP contribution is -2.01. The second-order valence-electron chi connectivity index (χ2n) is 5.99. The number of hydrogen-bond acceptors (Lipinski definition) is 0. The smallest absolute Gasteiger partial charge is 0.0114 e. The molecule has 0 aromatic heterocycles. The Bertz CT molecular complexity index is 519. The maximum absolute atomic E-state index is 2.35. The third-order valence-electron chi connectivity index (χ3n) is 3.65. The van der Waals surface area contributed by atoms with Crippen molar-refractivity contribution in [1.29, 1.82) is 0 Å². The Morgan fingerprint density at radius 2 is 1.21 bits per heavy atom. The molecule has 0 heterocycles. The predicted molar refractivity (Wildman–Crippen MR) is 84.8 cm³/mol. The molecule has 100 valence electrons. The standard InChI is InChI=1S/C19H24/c1-13(2)17-11-15(5)12-18(14(3)4)19(17)16-9-7-6-8-10-16/h6-14H,1-5H3. The van der Waals surface area contributed by atoms with Crippen molar-refractivity contribution >= 4 is 0 Å². The second kappa shape index (κ2) is 5.61. The summed E-state index contributed by atoms with van der Waals surface area (Å²) in [4.78, 5) is 0. The van der Waals surface area contributed by atoms with E-state index in [0.29, 0.717) is 11.8 Å². The maximum atomic E-state index is 2.35. The zero-order chi connectivity index (χ0) is 14.0. The molecule has 0 radical (unpaired) electrons. The minimum Gasteiger partial charge on any atom is -0.0622 e. The Kier molecular flexibility index (Phi) is 4.09. The fourth-order valence-corrected chi connectivity index (χ4v) is 2.69. The summed E-state index contributed by atoms with van der Waals surface area (Å²) in [6, 6.07) is 15.5. The van der Waals surface area contributed by atoms with E-state index in [2.05, 4.69) is 77.1 Å². The molecular formula is C19H24. The summed E-state index contributed by atoms with van der Waals surface area (Å²) >= 11 is 0. The average Bonchev–Trinajstić information content (AvgIpc) is 2.38. The first-order valence-electron chi connectivity index (χ1n) is 7.20. The molecule has 0 fully saturated rings. The van der Waals surface area contributed by atoms with Crippen molar-refractivity contribution in [2.45, 2.75) is 46.5 Å². The lowest BCUT2D eigenvalue weighted by molar-refractivity contribution is 0.835. The molecule has 2 aromatic carbocycles. The zero-order valence-corrected chi connectivity index (χ0v) is 12.7. The van der Waals surface area contributed by atoms with Gasteiger partial charge < -0.3 is 0 Å². The van der Waals surface area contributed by atoms with E-state index in [4.69, 9.17) is 0 Å². The van der Waals surface area contributed by atoms with Crippen LogP contribution in [0.2, 0.25) is 0 Å². The Morgan fingerprint density at radius 1 is 0.737 bits per heavy atom. The highest BCUT2D eigenvalue weighted by molar-refractivity contribution is 5.73. The van der Waals surface area contributed by atoms with Gasteiger partial charge in [-0.05, 0) is 41.0 Å². The van der Waals surface area contributed by atoms with E-state index >= 15 is 0 Å². The third-order valence-corrected chi connectivity index (χ3v) is 3.65. The van der Waals surface area contributed by atoms with Gasteiger partial charge in [0.1, 0.15) is 0 Å². The van der Waals surface area contributed by atoms with Gasteiger partial charge in [-0.25, -0.2) is 0 Å². The van der Waals surface area contributed by atoms with Gasteiger partial charge in [-0.15, -0.1) is 0 Å². The van der Waals surface area contributed by atoms with Gasteiger partial charge in [0.25, 0.3) is 0 Å². The van der Waals surface area contributed by atoms with Gasteiger partial charge in [0.15, 0.2) is 0 Å². The van der Waals surface area contributed by atoms with Crippen molar-refractivity contribution in [3.8, 4) is 11.1 Å². The zero-order valence-electron chi connectivity index (χ0n) is 12.7. The first-order chi connectivity index (χ1) is 9.00. The molecule has 0 aliphatic heterocycles. The summed E-state index contributed by atoms with van der Waals surface area (Å²) < 4.78 is 0. The highest BCUT2D eigenvalue weighted by Crippen LogP contribution is 2.36. The average molecular weight is 252 g/mol. The summed E-state index contributed by atoms with van der Waals surface area (Å²) in [5.41, 5.74) is 7.09. The molecule has 0 aliphatic carbocycles. The van der Waals surface area contributed by atoms with E-state index in [1.807, 2.05) is 0 Å². The van der Waals surface area contributed by atoms with Crippen LogP contribution in [0, 0.1) is 6.92 Å². The molecular weight excluding hydrogens is 228 g/mol. The summed E-state index contributed by atoms with van der Waals surface area (Å²) in [5.74, 6) is 1.10. The highest BCUT2D eigenvalue weighted by Gasteiger charge is 2.16. The fraction of sp³-hybridized carbons (Fsp3) is 0.368. The van der Waals surface area contributed by atoms with Gasteiger partial charge in [0.05, 0.1) is 0 Å². The minimum absolute atomic E-state index is 0.549.